The molecule has 0 aromatic heterocycles. The number of halogens is 1. The van der Waals surface area contributed by atoms with Gasteiger partial charge in [0, 0.05) is 24.7 Å². The van der Waals surface area contributed by atoms with Crippen molar-refractivity contribution in [1.29, 1.82) is 0 Å². The third-order valence-corrected chi connectivity index (χ3v) is 3.72. The molecule has 1 fully saturated rings. The summed E-state index contributed by atoms with van der Waals surface area (Å²) in [5.41, 5.74) is 1.02. The summed E-state index contributed by atoms with van der Waals surface area (Å²) < 4.78 is 13.1. The molecule has 1 aliphatic rings. The highest BCUT2D eigenvalue weighted by molar-refractivity contribution is 5.19. The third-order valence-electron chi connectivity index (χ3n) is 3.72. The molecule has 0 bridgehead atoms. The van der Waals surface area contributed by atoms with Crippen molar-refractivity contribution in [3.8, 4) is 0 Å². The van der Waals surface area contributed by atoms with Crippen LogP contribution < -0.4 is 5.32 Å². The SMILES string of the molecule is CC1CC(N[C@@H](C)c2cccc(F)c2)CN1C. The van der Waals surface area contributed by atoms with Gasteiger partial charge >= 0.3 is 0 Å². The molecular formula is C14H21FN2. The Morgan fingerprint density at radius 1 is 1.47 bits per heavy atom. The minimum absolute atomic E-state index is 0.159. The summed E-state index contributed by atoms with van der Waals surface area (Å²) in [4.78, 5) is 2.36. The van der Waals surface area contributed by atoms with Crippen molar-refractivity contribution >= 4 is 0 Å². The number of likely N-dealkylation sites (tertiary alicyclic amines) is 1. The fourth-order valence-electron chi connectivity index (χ4n) is 2.54. The number of benzene rings is 1. The van der Waals surface area contributed by atoms with Gasteiger partial charge in [-0.15, -0.1) is 0 Å². The van der Waals surface area contributed by atoms with Crippen LogP contribution >= 0.6 is 0 Å². The van der Waals surface area contributed by atoms with Crippen molar-refractivity contribution in [2.45, 2.75) is 38.4 Å². The molecule has 0 amide bonds. The molecule has 1 aromatic carbocycles. The lowest BCUT2D eigenvalue weighted by molar-refractivity contribution is 0.325. The van der Waals surface area contributed by atoms with E-state index in [0.717, 1.165) is 18.5 Å². The summed E-state index contributed by atoms with van der Waals surface area (Å²) in [6, 6.07) is 8.19. The summed E-state index contributed by atoms with van der Waals surface area (Å²) >= 11 is 0. The normalized spacial score (nSPS) is 27.3. The molecule has 0 aliphatic carbocycles. The van der Waals surface area contributed by atoms with Crippen LogP contribution in [0.25, 0.3) is 0 Å². The molecule has 2 nitrogen and oxygen atoms in total. The lowest BCUT2D eigenvalue weighted by Crippen LogP contribution is -2.33. The van der Waals surface area contributed by atoms with E-state index < -0.39 is 0 Å². The summed E-state index contributed by atoms with van der Waals surface area (Å²) in [6.45, 7) is 5.41. The zero-order valence-electron chi connectivity index (χ0n) is 10.8. The van der Waals surface area contributed by atoms with Crippen LogP contribution in [0.2, 0.25) is 0 Å². The predicted molar refractivity (Wildman–Crippen MR) is 68.4 cm³/mol. The Bertz CT molecular complexity index is 370. The van der Waals surface area contributed by atoms with Gasteiger partial charge in [0.1, 0.15) is 5.82 Å². The van der Waals surface area contributed by atoms with Crippen LogP contribution in [0.5, 0.6) is 0 Å². The first kappa shape index (κ1) is 12.5. The first-order chi connectivity index (χ1) is 8.06. The molecule has 3 atom stereocenters. The van der Waals surface area contributed by atoms with Gasteiger partial charge in [-0.25, -0.2) is 4.39 Å². The molecule has 94 valence electrons. The molecule has 1 aliphatic heterocycles. The number of nitrogens with zero attached hydrogens (tertiary/aromatic N) is 1. The molecular weight excluding hydrogens is 215 g/mol. The number of hydrogen-bond acceptors (Lipinski definition) is 2. The van der Waals surface area contributed by atoms with Gasteiger partial charge in [-0.2, -0.15) is 0 Å². The fourth-order valence-corrected chi connectivity index (χ4v) is 2.54. The number of likely N-dealkylation sites (N-methyl/N-ethyl adjacent to an activating group) is 1. The van der Waals surface area contributed by atoms with Crippen LogP contribution in [0.4, 0.5) is 4.39 Å². The Morgan fingerprint density at radius 3 is 2.82 bits per heavy atom. The molecule has 1 aromatic rings. The maximum absolute atomic E-state index is 13.1. The van der Waals surface area contributed by atoms with E-state index in [1.165, 1.54) is 6.07 Å². The third kappa shape index (κ3) is 3.05. The smallest absolute Gasteiger partial charge is 0.123 e. The van der Waals surface area contributed by atoms with Gasteiger partial charge in [0.05, 0.1) is 0 Å². The summed E-state index contributed by atoms with van der Waals surface area (Å²) in [6.07, 6.45) is 1.16. The van der Waals surface area contributed by atoms with E-state index in [-0.39, 0.29) is 11.9 Å². The average molecular weight is 236 g/mol. The minimum atomic E-state index is -0.159. The van der Waals surface area contributed by atoms with Crippen LogP contribution in [0.15, 0.2) is 24.3 Å². The number of rotatable bonds is 3. The van der Waals surface area contributed by atoms with Gasteiger partial charge in [-0.05, 0) is 45.0 Å². The maximum atomic E-state index is 13.1. The zero-order chi connectivity index (χ0) is 12.4. The van der Waals surface area contributed by atoms with Gasteiger partial charge < -0.3 is 10.2 Å². The first-order valence-corrected chi connectivity index (χ1v) is 6.28. The van der Waals surface area contributed by atoms with E-state index in [2.05, 4.69) is 31.1 Å². The quantitative estimate of drug-likeness (QED) is 0.867. The van der Waals surface area contributed by atoms with Crippen molar-refractivity contribution in [2.24, 2.45) is 0 Å². The number of hydrogen-bond donors (Lipinski definition) is 1. The van der Waals surface area contributed by atoms with Crippen molar-refractivity contribution in [2.75, 3.05) is 13.6 Å². The molecule has 2 unspecified atom stereocenters. The molecule has 0 radical (unpaired) electrons. The lowest BCUT2D eigenvalue weighted by Gasteiger charge is -2.19. The van der Waals surface area contributed by atoms with Crippen molar-refractivity contribution in [3.63, 3.8) is 0 Å². The number of nitrogens with one attached hydrogen (secondary N) is 1. The second-order valence-corrected chi connectivity index (χ2v) is 5.16. The molecule has 0 saturated carbocycles. The Morgan fingerprint density at radius 2 is 2.24 bits per heavy atom. The van der Waals surface area contributed by atoms with Crippen molar-refractivity contribution in [3.05, 3.63) is 35.6 Å². The van der Waals surface area contributed by atoms with Crippen LogP contribution in [0.1, 0.15) is 31.9 Å². The van der Waals surface area contributed by atoms with Gasteiger partial charge in [-0.1, -0.05) is 12.1 Å². The zero-order valence-corrected chi connectivity index (χ0v) is 10.8. The molecule has 2 rings (SSSR count). The minimum Gasteiger partial charge on any atom is -0.306 e. The van der Waals surface area contributed by atoms with E-state index in [1.54, 1.807) is 12.1 Å². The Balaban J connectivity index is 1.96. The maximum Gasteiger partial charge on any atom is 0.123 e. The second kappa shape index (κ2) is 5.15. The van der Waals surface area contributed by atoms with Gasteiger partial charge in [0.15, 0.2) is 0 Å². The lowest BCUT2D eigenvalue weighted by atomic mass is 10.1. The summed E-state index contributed by atoms with van der Waals surface area (Å²) in [5.74, 6) is -0.159. The van der Waals surface area contributed by atoms with Crippen LogP contribution in [0.3, 0.4) is 0 Å². The highest BCUT2D eigenvalue weighted by Crippen LogP contribution is 2.20. The molecule has 3 heteroatoms. The standard InChI is InChI=1S/C14H21FN2/c1-10-7-14(9-17(10)3)16-11(2)12-5-4-6-13(15)8-12/h4-6,8,10-11,14,16H,7,9H2,1-3H3/t10?,11-,14?/m0/s1. The van der Waals surface area contributed by atoms with E-state index in [4.69, 9.17) is 0 Å². The largest absolute Gasteiger partial charge is 0.306 e. The van der Waals surface area contributed by atoms with Gasteiger partial charge in [-0.3, -0.25) is 0 Å². The van der Waals surface area contributed by atoms with E-state index in [1.807, 2.05) is 6.07 Å². The first-order valence-electron chi connectivity index (χ1n) is 6.28. The Kier molecular flexibility index (Phi) is 3.79. The van der Waals surface area contributed by atoms with Crippen LogP contribution in [-0.2, 0) is 0 Å². The molecule has 1 saturated heterocycles. The fraction of sp³-hybridized carbons (Fsp3) is 0.571. The van der Waals surface area contributed by atoms with Crippen LogP contribution in [-0.4, -0.2) is 30.6 Å². The average Bonchev–Trinajstić information content (AvgIpc) is 2.58. The summed E-state index contributed by atoms with van der Waals surface area (Å²) in [5, 5.41) is 3.57. The van der Waals surface area contributed by atoms with E-state index in [0.29, 0.717) is 12.1 Å². The summed E-state index contributed by atoms with van der Waals surface area (Å²) in [7, 11) is 2.15. The second-order valence-electron chi connectivity index (χ2n) is 5.16. The highest BCUT2D eigenvalue weighted by Gasteiger charge is 2.26. The molecule has 17 heavy (non-hydrogen) atoms. The Hall–Kier alpha value is -0.930. The van der Waals surface area contributed by atoms with Crippen molar-refractivity contribution in [1.82, 2.24) is 10.2 Å². The topological polar surface area (TPSA) is 15.3 Å². The van der Waals surface area contributed by atoms with Crippen LogP contribution in [0, 0.1) is 5.82 Å². The van der Waals surface area contributed by atoms with Gasteiger partial charge in [0.25, 0.3) is 0 Å². The van der Waals surface area contributed by atoms with E-state index in [9.17, 15) is 4.39 Å². The van der Waals surface area contributed by atoms with E-state index >= 15 is 0 Å². The molecule has 0 spiro atoms. The molecule has 1 heterocycles. The molecule has 1 N–H and O–H groups in total. The Labute approximate surface area is 103 Å². The monoisotopic (exact) mass is 236 g/mol. The van der Waals surface area contributed by atoms with Crippen molar-refractivity contribution < 1.29 is 4.39 Å². The van der Waals surface area contributed by atoms with Gasteiger partial charge in [0.2, 0.25) is 0 Å². The predicted octanol–water partition coefficient (Wildman–Crippen LogP) is 2.57. The highest BCUT2D eigenvalue weighted by atomic mass is 19.1.